The molecule has 0 spiro atoms. The van der Waals surface area contributed by atoms with Crippen LogP contribution in [0, 0.1) is 0 Å². The predicted octanol–water partition coefficient (Wildman–Crippen LogP) is 2.94. The van der Waals surface area contributed by atoms with Gasteiger partial charge in [0.2, 0.25) is 5.91 Å². The molecule has 0 saturated carbocycles. The first-order valence-corrected chi connectivity index (χ1v) is 9.05. The van der Waals surface area contributed by atoms with Gasteiger partial charge in [-0.2, -0.15) is 0 Å². The molecule has 1 N–H and O–H groups in total. The van der Waals surface area contributed by atoms with Gasteiger partial charge in [-0.25, -0.2) is 4.79 Å². The normalized spacial score (nSPS) is 16.1. The van der Waals surface area contributed by atoms with Crippen LogP contribution in [0.4, 0.5) is 10.5 Å². The highest BCUT2D eigenvalue weighted by atomic mass is 16.6. The average Bonchev–Trinajstić information content (AvgIpc) is 3.07. The number of aryl methyl sites for hydroxylation is 1. The van der Waals surface area contributed by atoms with E-state index in [1.165, 1.54) is 5.56 Å². The summed E-state index contributed by atoms with van der Waals surface area (Å²) in [4.78, 5) is 25.8. The lowest BCUT2D eigenvalue weighted by molar-refractivity contribution is -0.120. The second-order valence-electron chi connectivity index (χ2n) is 6.47. The van der Waals surface area contributed by atoms with Crippen molar-refractivity contribution in [2.75, 3.05) is 25.1 Å². The van der Waals surface area contributed by atoms with E-state index < -0.39 is 0 Å². The molecule has 2 aromatic rings. The molecule has 0 bridgehead atoms. The van der Waals surface area contributed by atoms with Gasteiger partial charge in [-0.05, 0) is 41.8 Å². The number of methoxy groups -OCH3 is 1. The van der Waals surface area contributed by atoms with E-state index in [0.29, 0.717) is 13.1 Å². The van der Waals surface area contributed by atoms with E-state index in [9.17, 15) is 9.59 Å². The fraction of sp³-hybridized carbons (Fsp3) is 0.333. The number of rotatable bonds is 7. The summed E-state index contributed by atoms with van der Waals surface area (Å²) < 4.78 is 10.5. The molecule has 1 unspecified atom stereocenters. The van der Waals surface area contributed by atoms with Gasteiger partial charge in [0, 0.05) is 5.69 Å². The standard InChI is InChI=1S/C21H24N2O4/c1-3-15-4-8-17(9-5-15)23-14-19(27-21(23)25)13-22-20(24)12-16-6-10-18(26-2)11-7-16/h4-11,19H,3,12-14H2,1-2H3,(H,22,24). The monoisotopic (exact) mass is 368 g/mol. The number of benzene rings is 2. The molecule has 0 aromatic heterocycles. The molecule has 1 heterocycles. The molecule has 142 valence electrons. The summed E-state index contributed by atoms with van der Waals surface area (Å²) in [6.07, 6.45) is 0.484. The Kier molecular flexibility index (Phi) is 5.96. The zero-order chi connectivity index (χ0) is 19.2. The topological polar surface area (TPSA) is 67.9 Å². The van der Waals surface area contributed by atoms with E-state index in [2.05, 4.69) is 12.2 Å². The first-order valence-electron chi connectivity index (χ1n) is 9.05. The number of anilines is 1. The van der Waals surface area contributed by atoms with Gasteiger partial charge in [0.25, 0.3) is 0 Å². The minimum atomic E-state index is -0.381. The summed E-state index contributed by atoms with van der Waals surface area (Å²) in [5.74, 6) is 0.644. The molecule has 2 aromatic carbocycles. The summed E-state index contributed by atoms with van der Waals surface area (Å²) >= 11 is 0. The number of carbonyl (C=O) groups is 2. The van der Waals surface area contributed by atoms with Crippen molar-refractivity contribution in [2.45, 2.75) is 25.9 Å². The zero-order valence-corrected chi connectivity index (χ0v) is 15.6. The van der Waals surface area contributed by atoms with E-state index >= 15 is 0 Å². The molecule has 1 saturated heterocycles. The molecule has 1 aliphatic rings. The van der Waals surface area contributed by atoms with Crippen LogP contribution in [0.2, 0.25) is 0 Å². The number of ether oxygens (including phenoxy) is 2. The van der Waals surface area contributed by atoms with Gasteiger partial charge in [-0.1, -0.05) is 31.2 Å². The van der Waals surface area contributed by atoms with Gasteiger partial charge >= 0.3 is 6.09 Å². The Bertz CT molecular complexity index is 787. The molecule has 6 heteroatoms. The Morgan fingerprint density at radius 2 is 1.81 bits per heavy atom. The Balaban J connectivity index is 1.49. The fourth-order valence-electron chi connectivity index (χ4n) is 2.97. The van der Waals surface area contributed by atoms with Crippen molar-refractivity contribution in [3.63, 3.8) is 0 Å². The summed E-state index contributed by atoms with van der Waals surface area (Å²) in [7, 11) is 1.60. The summed E-state index contributed by atoms with van der Waals surface area (Å²) in [5, 5.41) is 2.84. The number of hydrogen-bond donors (Lipinski definition) is 1. The first-order chi connectivity index (χ1) is 13.1. The quantitative estimate of drug-likeness (QED) is 0.816. The largest absolute Gasteiger partial charge is 0.497 e. The van der Waals surface area contributed by atoms with Crippen LogP contribution >= 0.6 is 0 Å². The lowest BCUT2D eigenvalue weighted by atomic mass is 10.1. The van der Waals surface area contributed by atoms with E-state index in [1.807, 2.05) is 48.5 Å². The third kappa shape index (κ3) is 4.78. The van der Waals surface area contributed by atoms with Crippen LogP contribution in [-0.4, -0.2) is 38.3 Å². The van der Waals surface area contributed by atoms with Crippen LogP contribution in [0.5, 0.6) is 5.75 Å². The molecular weight excluding hydrogens is 344 g/mol. The number of carbonyl (C=O) groups excluding carboxylic acids is 2. The van der Waals surface area contributed by atoms with Crippen LogP contribution in [0.25, 0.3) is 0 Å². The van der Waals surface area contributed by atoms with Crippen LogP contribution in [-0.2, 0) is 22.4 Å². The molecular formula is C21H24N2O4. The molecule has 0 aliphatic carbocycles. The van der Waals surface area contributed by atoms with E-state index in [1.54, 1.807) is 12.0 Å². The minimum Gasteiger partial charge on any atom is -0.497 e. The smallest absolute Gasteiger partial charge is 0.414 e. The van der Waals surface area contributed by atoms with Crippen molar-refractivity contribution in [1.82, 2.24) is 5.32 Å². The fourth-order valence-corrected chi connectivity index (χ4v) is 2.97. The highest BCUT2D eigenvalue weighted by Crippen LogP contribution is 2.22. The highest BCUT2D eigenvalue weighted by Gasteiger charge is 2.32. The minimum absolute atomic E-state index is 0.109. The molecule has 3 rings (SSSR count). The Labute approximate surface area is 159 Å². The molecule has 0 radical (unpaired) electrons. The summed E-state index contributed by atoms with van der Waals surface area (Å²) in [6.45, 7) is 2.81. The Hall–Kier alpha value is -3.02. The van der Waals surface area contributed by atoms with Gasteiger partial charge in [0.15, 0.2) is 0 Å². The van der Waals surface area contributed by atoms with Gasteiger partial charge in [0.1, 0.15) is 11.9 Å². The van der Waals surface area contributed by atoms with Crippen molar-refractivity contribution in [1.29, 1.82) is 0 Å². The van der Waals surface area contributed by atoms with Crippen molar-refractivity contribution < 1.29 is 19.1 Å². The van der Waals surface area contributed by atoms with E-state index in [0.717, 1.165) is 23.4 Å². The molecule has 1 fully saturated rings. The second kappa shape index (κ2) is 8.58. The van der Waals surface area contributed by atoms with Crippen LogP contribution < -0.4 is 15.0 Å². The van der Waals surface area contributed by atoms with Crippen molar-refractivity contribution in [2.24, 2.45) is 0 Å². The summed E-state index contributed by atoms with van der Waals surface area (Å²) in [6, 6.07) is 15.2. The highest BCUT2D eigenvalue weighted by molar-refractivity contribution is 5.89. The van der Waals surface area contributed by atoms with Crippen molar-refractivity contribution >= 4 is 17.7 Å². The average molecular weight is 368 g/mol. The van der Waals surface area contributed by atoms with Crippen LogP contribution in [0.3, 0.4) is 0 Å². The zero-order valence-electron chi connectivity index (χ0n) is 15.6. The maximum atomic E-state index is 12.1. The lowest BCUT2D eigenvalue weighted by Gasteiger charge is -2.13. The molecule has 27 heavy (non-hydrogen) atoms. The molecule has 2 amide bonds. The van der Waals surface area contributed by atoms with E-state index in [4.69, 9.17) is 9.47 Å². The third-order valence-corrected chi connectivity index (χ3v) is 4.58. The maximum absolute atomic E-state index is 12.1. The van der Waals surface area contributed by atoms with E-state index in [-0.39, 0.29) is 24.5 Å². The number of nitrogens with one attached hydrogen (secondary N) is 1. The molecule has 1 atom stereocenters. The van der Waals surface area contributed by atoms with Gasteiger partial charge in [0.05, 0.1) is 26.6 Å². The van der Waals surface area contributed by atoms with Gasteiger partial charge in [-0.3, -0.25) is 9.69 Å². The molecule has 1 aliphatic heterocycles. The number of amides is 2. The second-order valence-corrected chi connectivity index (χ2v) is 6.47. The number of cyclic esters (lactones) is 1. The predicted molar refractivity (Wildman–Crippen MR) is 103 cm³/mol. The van der Waals surface area contributed by atoms with Gasteiger partial charge < -0.3 is 14.8 Å². The summed E-state index contributed by atoms with van der Waals surface area (Å²) in [5.41, 5.74) is 2.92. The molecule has 6 nitrogen and oxygen atoms in total. The number of nitrogens with zero attached hydrogens (tertiary/aromatic N) is 1. The lowest BCUT2D eigenvalue weighted by Crippen LogP contribution is -2.35. The van der Waals surface area contributed by atoms with Crippen molar-refractivity contribution in [3.8, 4) is 5.75 Å². The van der Waals surface area contributed by atoms with Crippen molar-refractivity contribution in [3.05, 3.63) is 59.7 Å². The third-order valence-electron chi connectivity index (χ3n) is 4.58. The van der Waals surface area contributed by atoms with Gasteiger partial charge in [-0.15, -0.1) is 0 Å². The first kappa shape index (κ1) is 18.8. The Morgan fingerprint density at radius 3 is 2.44 bits per heavy atom. The van der Waals surface area contributed by atoms with Crippen LogP contribution in [0.1, 0.15) is 18.1 Å². The maximum Gasteiger partial charge on any atom is 0.414 e. The number of hydrogen-bond acceptors (Lipinski definition) is 4. The van der Waals surface area contributed by atoms with Crippen LogP contribution in [0.15, 0.2) is 48.5 Å². The Morgan fingerprint density at radius 1 is 1.15 bits per heavy atom. The SMILES string of the molecule is CCc1ccc(N2CC(CNC(=O)Cc3ccc(OC)cc3)OC2=O)cc1.